The number of hydrogen-bond acceptors (Lipinski definition) is 5. The Balaban J connectivity index is 1.66. The third-order valence-corrected chi connectivity index (χ3v) is 5.49. The first-order chi connectivity index (χ1) is 10.8. The van der Waals surface area contributed by atoms with E-state index in [1.807, 2.05) is 0 Å². The van der Waals surface area contributed by atoms with Crippen molar-refractivity contribution in [3.05, 3.63) is 29.8 Å². The lowest BCUT2D eigenvalue weighted by Crippen LogP contribution is -2.54. The number of sulfonamides is 1. The first-order valence-electron chi connectivity index (χ1n) is 6.71. The summed E-state index contributed by atoms with van der Waals surface area (Å²) in [7, 11) is -4.01. The SMILES string of the molecule is O=C1COC(=O)N1CC1CN(S(=O)(=O)c2cc(F)cc(F)c2)C1. The highest BCUT2D eigenvalue weighted by molar-refractivity contribution is 7.89. The van der Waals surface area contributed by atoms with Gasteiger partial charge in [0.1, 0.15) is 11.6 Å². The second-order valence-corrected chi connectivity index (χ2v) is 7.29. The van der Waals surface area contributed by atoms with Crippen LogP contribution in [0, 0.1) is 17.6 Å². The van der Waals surface area contributed by atoms with Gasteiger partial charge in [-0.05, 0) is 12.1 Å². The van der Waals surface area contributed by atoms with E-state index >= 15 is 0 Å². The minimum atomic E-state index is -4.01. The number of amides is 2. The van der Waals surface area contributed by atoms with Crippen molar-refractivity contribution < 1.29 is 31.5 Å². The lowest BCUT2D eigenvalue weighted by Gasteiger charge is -2.38. The topological polar surface area (TPSA) is 84.0 Å². The number of hydrogen-bond donors (Lipinski definition) is 0. The number of cyclic esters (lactones) is 1. The van der Waals surface area contributed by atoms with Crippen molar-refractivity contribution in [1.29, 1.82) is 0 Å². The molecule has 1 aromatic rings. The third kappa shape index (κ3) is 2.91. The van der Waals surface area contributed by atoms with Crippen LogP contribution in [0.5, 0.6) is 0 Å². The average Bonchev–Trinajstić information content (AvgIpc) is 2.72. The second kappa shape index (κ2) is 5.53. The first kappa shape index (κ1) is 15.8. The molecule has 2 fully saturated rings. The van der Waals surface area contributed by atoms with Crippen LogP contribution in [-0.4, -0.2) is 55.9 Å². The van der Waals surface area contributed by atoms with Crippen LogP contribution in [0.3, 0.4) is 0 Å². The Morgan fingerprint density at radius 2 is 1.74 bits per heavy atom. The molecule has 0 saturated carbocycles. The summed E-state index contributed by atoms with van der Waals surface area (Å²) < 4.78 is 56.4. The van der Waals surface area contributed by atoms with Crippen molar-refractivity contribution >= 4 is 22.0 Å². The third-order valence-electron chi connectivity index (χ3n) is 3.68. The predicted molar refractivity (Wildman–Crippen MR) is 71.7 cm³/mol. The van der Waals surface area contributed by atoms with E-state index in [0.717, 1.165) is 21.3 Å². The summed E-state index contributed by atoms with van der Waals surface area (Å²) in [5.74, 6) is -2.67. The van der Waals surface area contributed by atoms with Gasteiger partial charge in [-0.2, -0.15) is 4.31 Å². The zero-order valence-electron chi connectivity index (χ0n) is 11.7. The Morgan fingerprint density at radius 3 is 2.26 bits per heavy atom. The minimum Gasteiger partial charge on any atom is -0.439 e. The molecule has 0 spiro atoms. The van der Waals surface area contributed by atoms with E-state index in [1.165, 1.54) is 0 Å². The molecule has 2 amide bonds. The number of carbonyl (C=O) groups excluding carboxylic acids is 2. The van der Waals surface area contributed by atoms with Crippen LogP contribution < -0.4 is 0 Å². The van der Waals surface area contributed by atoms with Crippen molar-refractivity contribution in [2.45, 2.75) is 4.90 Å². The van der Waals surface area contributed by atoms with Gasteiger partial charge < -0.3 is 4.74 Å². The number of benzene rings is 1. The van der Waals surface area contributed by atoms with Gasteiger partial charge in [-0.15, -0.1) is 0 Å². The standard InChI is InChI=1S/C13H12F2N2O5S/c14-9-1-10(15)3-11(2-9)23(20,21)16-4-8(5-16)6-17-12(18)7-22-13(17)19/h1-3,8H,4-7H2. The number of imide groups is 1. The molecule has 0 unspecified atom stereocenters. The zero-order chi connectivity index (χ0) is 16.8. The van der Waals surface area contributed by atoms with Crippen molar-refractivity contribution in [3.63, 3.8) is 0 Å². The van der Waals surface area contributed by atoms with Gasteiger partial charge in [-0.25, -0.2) is 26.9 Å². The quantitative estimate of drug-likeness (QED) is 0.796. The van der Waals surface area contributed by atoms with E-state index in [-0.39, 0.29) is 32.2 Å². The summed E-state index contributed by atoms with van der Waals surface area (Å²) in [6.45, 7) is -0.146. The van der Waals surface area contributed by atoms with Crippen molar-refractivity contribution in [3.8, 4) is 0 Å². The van der Waals surface area contributed by atoms with Crippen molar-refractivity contribution in [1.82, 2.24) is 9.21 Å². The number of carbonyl (C=O) groups is 2. The highest BCUT2D eigenvalue weighted by Gasteiger charge is 2.41. The number of halogens is 2. The van der Waals surface area contributed by atoms with Crippen molar-refractivity contribution in [2.75, 3.05) is 26.2 Å². The smallest absolute Gasteiger partial charge is 0.417 e. The fourth-order valence-electron chi connectivity index (χ4n) is 2.48. The van der Waals surface area contributed by atoms with Gasteiger partial charge in [-0.3, -0.25) is 4.79 Å². The van der Waals surface area contributed by atoms with Crippen LogP contribution in [0.2, 0.25) is 0 Å². The monoisotopic (exact) mass is 346 g/mol. The van der Waals surface area contributed by atoms with E-state index in [1.54, 1.807) is 0 Å². The van der Waals surface area contributed by atoms with Crippen LogP contribution in [0.15, 0.2) is 23.1 Å². The lowest BCUT2D eigenvalue weighted by molar-refractivity contribution is -0.126. The van der Waals surface area contributed by atoms with Crippen LogP contribution >= 0.6 is 0 Å². The van der Waals surface area contributed by atoms with Crippen molar-refractivity contribution in [2.24, 2.45) is 5.92 Å². The summed E-state index contributed by atoms with van der Waals surface area (Å²) in [6, 6.07) is 2.07. The van der Waals surface area contributed by atoms with Gasteiger partial charge in [0.2, 0.25) is 10.0 Å². The maximum atomic E-state index is 13.2. The molecule has 124 valence electrons. The summed E-state index contributed by atoms with van der Waals surface area (Å²) >= 11 is 0. The van der Waals surface area contributed by atoms with E-state index < -0.39 is 38.6 Å². The van der Waals surface area contributed by atoms with E-state index in [2.05, 4.69) is 4.74 Å². The second-order valence-electron chi connectivity index (χ2n) is 5.35. The predicted octanol–water partition coefficient (Wildman–Crippen LogP) is 0.564. The maximum absolute atomic E-state index is 13.2. The van der Waals surface area contributed by atoms with Gasteiger partial charge in [0.05, 0.1) is 4.90 Å². The zero-order valence-corrected chi connectivity index (χ0v) is 12.6. The fraction of sp³-hybridized carbons (Fsp3) is 0.385. The highest BCUT2D eigenvalue weighted by atomic mass is 32.2. The van der Waals surface area contributed by atoms with Crippen LogP contribution in [-0.2, 0) is 19.6 Å². The lowest BCUT2D eigenvalue weighted by atomic mass is 10.0. The molecule has 1 aromatic carbocycles. The molecule has 7 nitrogen and oxygen atoms in total. The largest absolute Gasteiger partial charge is 0.439 e. The Labute approximate surface area is 130 Å². The normalized spacial score (nSPS) is 19.8. The average molecular weight is 346 g/mol. The molecule has 23 heavy (non-hydrogen) atoms. The molecule has 0 N–H and O–H groups in total. The Bertz CT molecular complexity index is 740. The Morgan fingerprint density at radius 1 is 1.13 bits per heavy atom. The number of nitrogens with zero attached hydrogens (tertiary/aromatic N) is 2. The summed E-state index contributed by atoms with van der Waals surface area (Å²) in [4.78, 5) is 23.2. The van der Waals surface area contributed by atoms with E-state index in [4.69, 9.17) is 0 Å². The molecule has 0 bridgehead atoms. The Kier molecular flexibility index (Phi) is 3.80. The van der Waals surface area contributed by atoms with E-state index in [0.29, 0.717) is 6.07 Å². The molecule has 2 heterocycles. The fourth-order valence-corrected chi connectivity index (χ4v) is 4.11. The number of rotatable bonds is 4. The summed E-state index contributed by atoms with van der Waals surface area (Å²) in [6.07, 6.45) is -0.747. The molecule has 2 saturated heterocycles. The van der Waals surface area contributed by atoms with Gasteiger partial charge >= 0.3 is 6.09 Å². The molecule has 2 aliphatic rings. The molecule has 3 rings (SSSR count). The van der Waals surface area contributed by atoms with E-state index in [9.17, 15) is 26.8 Å². The van der Waals surface area contributed by atoms with Gasteiger partial charge in [0.25, 0.3) is 5.91 Å². The van der Waals surface area contributed by atoms with Crippen LogP contribution in [0.1, 0.15) is 0 Å². The first-order valence-corrected chi connectivity index (χ1v) is 8.15. The molecule has 2 aliphatic heterocycles. The summed E-state index contributed by atoms with van der Waals surface area (Å²) in [5.41, 5.74) is 0. The van der Waals surface area contributed by atoms with Gasteiger partial charge in [0.15, 0.2) is 6.61 Å². The summed E-state index contributed by atoms with van der Waals surface area (Å²) in [5, 5.41) is 0. The van der Waals surface area contributed by atoms with Gasteiger partial charge in [0, 0.05) is 31.6 Å². The van der Waals surface area contributed by atoms with Crippen LogP contribution in [0.25, 0.3) is 0 Å². The molecule has 0 aromatic heterocycles. The molecular weight excluding hydrogens is 334 g/mol. The minimum absolute atomic E-state index is 0.0531. The maximum Gasteiger partial charge on any atom is 0.417 e. The van der Waals surface area contributed by atoms with Gasteiger partial charge in [-0.1, -0.05) is 0 Å². The Hall–Kier alpha value is -2.07. The molecular formula is C13H12F2N2O5S. The highest BCUT2D eigenvalue weighted by Crippen LogP contribution is 2.27. The molecule has 0 radical (unpaired) electrons. The molecule has 10 heteroatoms. The molecule has 0 aliphatic carbocycles. The van der Waals surface area contributed by atoms with Crippen LogP contribution in [0.4, 0.5) is 13.6 Å². The molecule has 0 atom stereocenters. The number of ether oxygens (including phenoxy) is 1.